The molecule has 102 valence electrons. The van der Waals surface area contributed by atoms with Crippen LogP contribution in [-0.2, 0) is 0 Å². The summed E-state index contributed by atoms with van der Waals surface area (Å²) in [4.78, 5) is 8.35. The molecule has 18 heavy (non-hydrogen) atoms. The Kier molecular flexibility index (Phi) is 3.10. The van der Waals surface area contributed by atoms with E-state index in [2.05, 4.69) is 14.7 Å². The molecular weight excluding hydrogens is 222 g/mol. The molecule has 4 fully saturated rings. The van der Waals surface area contributed by atoms with Gasteiger partial charge in [-0.25, -0.2) is 0 Å². The molecule has 0 amide bonds. The minimum absolute atomic E-state index is 0.884. The quantitative estimate of drug-likeness (QED) is 0.732. The summed E-state index contributed by atoms with van der Waals surface area (Å²) in [5.74, 6) is 0. The Morgan fingerprint density at radius 2 is 1.22 bits per heavy atom. The lowest BCUT2D eigenvalue weighted by atomic mass is 9.98. The number of rotatable bonds is 2. The molecule has 2 unspecified atom stereocenters. The van der Waals surface area contributed by atoms with Crippen molar-refractivity contribution in [3.05, 3.63) is 0 Å². The Hall–Kier alpha value is -0.120. The zero-order valence-electron chi connectivity index (χ0n) is 11.6. The third-order valence-corrected chi connectivity index (χ3v) is 5.64. The lowest BCUT2D eigenvalue weighted by Gasteiger charge is -2.46. The molecule has 3 aliphatic heterocycles. The van der Waals surface area contributed by atoms with Gasteiger partial charge in [-0.3, -0.25) is 14.7 Å². The van der Waals surface area contributed by atoms with Crippen LogP contribution >= 0.6 is 0 Å². The van der Waals surface area contributed by atoms with Crippen molar-refractivity contribution in [1.29, 1.82) is 0 Å². The highest BCUT2D eigenvalue weighted by Crippen LogP contribution is 2.32. The maximum Gasteiger partial charge on any atom is 0.0236 e. The molecule has 3 heteroatoms. The smallest absolute Gasteiger partial charge is 0.0236 e. The van der Waals surface area contributed by atoms with Gasteiger partial charge >= 0.3 is 0 Å². The molecule has 4 rings (SSSR count). The van der Waals surface area contributed by atoms with Gasteiger partial charge in [0.25, 0.3) is 0 Å². The monoisotopic (exact) mass is 249 g/mol. The van der Waals surface area contributed by atoms with Crippen molar-refractivity contribution in [2.75, 3.05) is 39.3 Å². The molecular formula is C15H27N3. The second-order valence-electron chi connectivity index (χ2n) is 6.85. The standard InChI is InChI=1S/C15H27N3/c1-2-7-16-9-10-18(11-14(16)3-1)15-6-8-17(12-15)13-4-5-13/h13-15H,1-12H2. The summed E-state index contributed by atoms with van der Waals surface area (Å²) < 4.78 is 0. The predicted octanol–water partition coefficient (Wildman–Crippen LogP) is 1.39. The largest absolute Gasteiger partial charge is 0.299 e. The van der Waals surface area contributed by atoms with Crippen molar-refractivity contribution in [3.63, 3.8) is 0 Å². The van der Waals surface area contributed by atoms with Crippen molar-refractivity contribution >= 4 is 0 Å². The van der Waals surface area contributed by atoms with Crippen molar-refractivity contribution in [1.82, 2.24) is 14.7 Å². The fourth-order valence-corrected chi connectivity index (χ4v) is 4.35. The van der Waals surface area contributed by atoms with Crippen LogP contribution in [0.5, 0.6) is 0 Å². The summed E-state index contributed by atoms with van der Waals surface area (Å²) in [6.45, 7) is 8.16. The molecule has 3 nitrogen and oxygen atoms in total. The van der Waals surface area contributed by atoms with Gasteiger partial charge in [-0.1, -0.05) is 6.42 Å². The van der Waals surface area contributed by atoms with Crippen LogP contribution in [0.4, 0.5) is 0 Å². The van der Waals surface area contributed by atoms with Gasteiger partial charge in [0.15, 0.2) is 0 Å². The first-order chi connectivity index (χ1) is 8.90. The second kappa shape index (κ2) is 4.77. The van der Waals surface area contributed by atoms with Crippen LogP contribution in [0.3, 0.4) is 0 Å². The molecule has 3 saturated heterocycles. The molecule has 2 atom stereocenters. The van der Waals surface area contributed by atoms with Crippen LogP contribution in [0.25, 0.3) is 0 Å². The van der Waals surface area contributed by atoms with Crippen LogP contribution in [0.15, 0.2) is 0 Å². The zero-order valence-corrected chi connectivity index (χ0v) is 11.6. The van der Waals surface area contributed by atoms with Crippen molar-refractivity contribution < 1.29 is 0 Å². The topological polar surface area (TPSA) is 9.72 Å². The first-order valence-electron chi connectivity index (χ1n) is 8.12. The third-order valence-electron chi connectivity index (χ3n) is 5.64. The van der Waals surface area contributed by atoms with Crippen LogP contribution < -0.4 is 0 Å². The number of hydrogen-bond donors (Lipinski definition) is 0. The van der Waals surface area contributed by atoms with Crippen LogP contribution in [0.1, 0.15) is 38.5 Å². The Morgan fingerprint density at radius 3 is 2.06 bits per heavy atom. The SMILES string of the molecule is C1CCN2CCN(C3CCN(C4CC4)C3)CC2C1. The Balaban J connectivity index is 1.34. The van der Waals surface area contributed by atoms with Gasteiger partial charge in [-0.15, -0.1) is 0 Å². The third kappa shape index (κ3) is 2.21. The van der Waals surface area contributed by atoms with Gasteiger partial charge in [0, 0.05) is 50.8 Å². The summed E-state index contributed by atoms with van der Waals surface area (Å²) in [7, 11) is 0. The van der Waals surface area contributed by atoms with Gasteiger partial charge < -0.3 is 0 Å². The van der Waals surface area contributed by atoms with E-state index in [0.29, 0.717) is 0 Å². The van der Waals surface area contributed by atoms with E-state index in [1.807, 2.05) is 0 Å². The fraction of sp³-hybridized carbons (Fsp3) is 1.00. The highest BCUT2D eigenvalue weighted by Gasteiger charge is 2.38. The van der Waals surface area contributed by atoms with E-state index in [4.69, 9.17) is 0 Å². The maximum atomic E-state index is 2.83. The van der Waals surface area contributed by atoms with Crippen molar-refractivity contribution in [2.24, 2.45) is 0 Å². The summed E-state index contributed by atoms with van der Waals surface area (Å²) in [5, 5.41) is 0. The molecule has 0 aromatic heterocycles. The Labute approximate surface area is 111 Å². The molecule has 0 aromatic carbocycles. The van der Waals surface area contributed by atoms with Crippen molar-refractivity contribution in [2.45, 2.75) is 56.7 Å². The predicted molar refractivity (Wildman–Crippen MR) is 73.8 cm³/mol. The van der Waals surface area contributed by atoms with E-state index in [1.54, 1.807) is 0 Å². The van der Waals surface area contributed by atoms with Crippen LogP contribution in [0.2, 0.25) is 0 Å². The number of piperazine rings is 1. The average Bonchev–Trinajstić information content (AvgIpc) is 3.16. The first kappa shape index (κ1) is 11.7. The average molecular weight is 249 g/mol. The second-order valence-corrected chi connectivity index (χ2v) is 6.85. The highest BCUT2D eigenvalue weighted by molar-refractivity contribution is 4.95. The molecule has 3 heterocycles. The lowest BCUT2D eigenvalue weighted by Crippen LogP contribution is -2.57. The first-order valence-corrected chi connectivity index (χ1v) is 8.12. The number of hydrogen-bond acceptors (Lipinski definition) is 3. The molecule has 4 aliphatic rings. The summed E-state index contributed by atoms with van der Waals surface area (Å²) in [6, 6.07) is 2.75. The van der Waals surface area contributed by atoms with Crippen molar-refractivity contribution in [3.8, 4) is 0 Å². The van der Waals surface area contributed by atoms with Gasteiger partial charge in [0.1, 0.15) is 0 Å². The number of likely N-dealkylation sites (tertiary alicyclic amines) is 1. The normalized spacial score (nSPS) is 40.0. The van der Waals surface area contributed by atoms with Gasteiger partial charge in [-0.2, -0.15) is 0 Å². The highest BCUT2D eigenvalue weighted by atomic mass is 15.3. The Bertz CT molecular complexity index is 302. The van der Waals surface area contributed by atoms with E-state index in [9.17, 15) is 0 Å². The Morgan fingerprint density at radius 1 is 0.500 bits per heavy atom. The zero-order chi connectivity index (χ0) is 11.9. The molecule has 0 bridgehead atoms. The number of piperidine rings is 1. The molecule has 1 saturated carbocycles. The summed E-state index contributed by atoms with van der Waals surface area (Å²) in [6.07, 6.45) is 8.74. The minimum atomic E-state index is 0.884. The maximum absolute atomic E-state index is 2.83. The number of fused-ring (bicyclic) bond motifs is 1. The minimum Gasteiger partial charge on any atom is -0.299 e. The summed E-state index contributed by atoms with van der Waals surface area (Å²) in [5.41, 5.74) is 0. The van der Waals surface area contributed by atoms with E-state index in [1.165, 1.54) is 77.8 Å². The van der Waals surface area contributed by atoms with E-state index < -0.39 is 0 Å². The number of nitrogens with zero attached hydrogens (tertiary/aromatic N) is 3. The van der Waals surface area contributed by atoms with E-state index in [0.717, 1.165) is 18.1 Å². The van der Waals surface area contributed by atoms with Crippen LogP contribution in [-0.4, -0.2) is 72.1 Å². The molecule has 0 aromatic rings. The summed E-state index contributed by atoms with van der Waals surface area (Å²) >= 11 is 0. The van der Waals surface area contributed by atoms with Crippen LogP contribution in [0, 0.1) is 0 Å². The van der Waals surface area contributed by atoms with E-state index >= 15 is 0 Å². The molecule has 0 spiro atoms. The van der Waals surface area contributed by atoms with Gasteiger partial charge in [0.05, 0.1) is 0 Å². The molecule has 1 aliphatic carbocycles. The molecule has 0 N–H and O–H groups in total. The fourth-order valence-electron chi connectivity index (χ4n) is 4.35. The lowest BCUT2D eigenvalue weighted by molar-refractivity contribution is 0.0290. The van der Waals surface area contributed by atoms with Gasteiger partial charge in [-0.05, 0) is 38.6 Å². The molecule has 0 radical (unpaired) electrons. The van der Waals surface area contributed by atoms with Gasteiger partial charge in [0.2, 0.25) is 0 Å². The van der Waals surface area contributed by atoms with E-state index in [-0.39, 0.29) is 0 Å².